The van der Waals surface area contributed by atoms with Gasteiger partial charge in [-0.1, -0.05) is 0 Å². The first kappa shape index (κ1) is 15.9. The van der Waals surface area contributed by atoms with E-state index in [4.69, 9.17) is 9.47 Å². The summed E-state index contributed by atoms with van der Waals surface area (Å²) < 4.78 is 12.3. The fraction of sp³-hybridized carbons (Fsp3) is 0.692. The minimum absolute atomic E-state index is 0.182. The Morgan fingerprint density at radius 3 is 2.86 bits per heavy atom. The van der Waals surface area contributed by atoms with Crippen LogP contribution in [0.4, 0.5) is 0 Å². The summed E-state index contributed by atoms with van der Waals surface area (Å²) in [6.45, 7) is 3.38. The van der Waals surface area contributed by atoms with E-state index in [0.29, 0.717) is 12.2 Å². The molecule has 2 rings (SSSR count). The van der Waals surface area contributed by atoms with Gasteiger partial charge in [-0.05, 0) is 13.8 Å². The molecule has 2 heterocycles. The maximum atomic E-state index is 12.0. The van der Waals surface area contributed by atoms with E-state index in [1.165, 1.54) is 10.8 Å². The zero-order chi connectivity index (χ0) is 15.6. The number of hydrogen-bond acceptors (Lipinski definition) is 6. The molecule has 0 spiro atoms. The number of aromatic nitrogens is 2. The van der Waals surface area contributed by atoms with Crippen LogP contribution in [0, 0.1) is 6.92 Å². The van der Waals surface area contributed by atoms with Crippen LogP contribution in [0.3, 0.4) is 0 Å². The van der Waals surface area contributed by atoms with Gasteiger partial charge in [0.2, 0.25) is 0 Å². The van der Waals surface area contributed by atoms with Crippen LogP contribution in [0.25, 0.3) is 0 Å². The van der Waals surface area contributed by atoms with Crippen LogP contribution in [0.15, 0.2) is 15.8 Å². The molecule has 1 saturated heterocycles. The highest BCUT2D eigenvalue weighted by molar-refractivity contribution is 5.03. The lowest BCUT2D eigenvalue weighted by Gasteiger charge is -2.39. The van der Waals surface area contributed by atoms with Gasteiger partial charge in [-0.3, -0.25) is 14.3 Å². The van der Waals surface area contributed by atoms with Gasteiger partial charge in [0, 0.05) is 24.8 Å². The summed E-state index contributed by atoms with van der Waals surface area (Å²) >= 11 is 0. The van der Waals surface area contributed by atoms with Gasteiger partial charge in [-0.2, -0.15) is 0 Å². The summed E-state index contributed by atoms with van der Waals surface area (Å²) in [6, 6.07) is -0.578. The maximum Gasteiger partial charge on any atom is 0.328 e. The number of H-pyrrole nitrogens is 1. The van der Waals surface area contributed by atoms with Crippen LogP contribution < -0.4 is 11.2 Å². The zero-order valence-electron chi connectivity index (χ0n) is 12.0. The molecule has 1 aliphatic heterocycles. The Kier molecular flexibility index (Phi) is 4.94. The Hall–Kier alpha value is -1.48. The van der Waals surface area contributed by atoms with Gasteiger partial charge < -0.3 is 19.7 Å². The molecule has 0 saturated carbocycles. The first-order chi connectivity index (χ1) is 9.97. The number of hydrogen-bond donors (Lipinski definition) is 3. The maximum absolute atomic E-state index is 12.0. The van der Waals surface area contributed by atoms with E-state index in [0.717, 1.165) is 0 Å². The smallest absolute Gasteiger partial charge is 0.328 e. The van der Waals surface area contributed by atoms with Crippen molar-refractivity contribution in [2.24, 2.45) is 0 Å². The number of nitrogens with one attached hydrogen (secondary N) is 1. The third-order valence-electron chi connectivity index (χ3n) is 3.55. The quantitative estimate of drug-likeness (QED) is 0.650. The summed E-state index contributed by atoms with van der Waals surface area (Å²) in [5, 5.41) is 19.2. The van der Waals surface area contributed by atoms with Gasteiger partial charge >= 0.3 is 5.69 Å². The van der Waals surface area contributed by atoms with Crippen molar-refractivity contribution < 1.29 is 19.7 Å². The number of nitrogens with zero attached hydrogens (tertiary/aromatic N) is 1. The van der Waals surface area contributed by atoms with E-state index >= 15 is 0 Å². The molecule has 8 nitrogen and oxygen atoms in total. The van der Waals surface area contributed by atoms with E-state index < -0.39 is 35.8 Å². The van der Waals surface area contributed by atoms with Crippen molar-refractivity contribution in [3.05, 3.63) is 32.6 Å². The van der Waals surface area contributed by atoms with Crippen LogP contribution in [0.1, 0.15) is 24.9 Å². The lowest BCUT2D eigenvalue weighted by molar-refractivity contribution is -0.249. The normalized spacial score (nSPS) is 29.5. The van der Waals surface area contributed by atoms with Crippen molar-refractivity contribution in [2.75, 3.05) is 13.2 Å². The SMILES string of the molecule is CCO[C@H]1O[C@H](CO)[C@H](O)C[C@@H]1n1cc(C)c(=O)[nH]c1=O. The second-order valence-corrected chi connectivity index (χ2v) is 5.03. The van der Waals surface area contributed by atoms with Crippen molar-refractivity contribution in [3.8, 4) is 0 Å². The zero-order valence-corrected chi connectivity index (χ0v) is 12.0. The van der Waals surface area contributed by atoms with Gasteiger partial charge in [-0.25, -0.2) is 4.79 Å². The van der Waals surface area contributed by atoms with Gasteiger partial charge in [0.05, 0.1) is 18.8 Å². The molecule has 0 unspecified atom stereocenters. The van der Waals surface area contributed by atoms with E-state index in [2.05, 4.69) is 4.98 Å². The molecule has 1 aliphatic rings. The van der Waals surface area contributed by atoms with Crippen molar-refractivity contribution >= 4 is 0 Å². The Labute approximate surface area is 120 Å². The molecule has 4 atom stereocenters. The minimum atomic E-state index is -0.921. The van der Waals surface area contributed by atoms with Crippen molar-refractivity contribution in [2.45, 2.75) is 44.8 Å². The number of aliphatic hydroxyl groups is 2. The molecule has 1 fully saturated rings. The van der Waals surface area contributed by atoms with E-state index in [9.17, 15) is 19.8 Å². The predicted octanol–water partition coefficient (Wildman–Crippen LogP) is -1.11. The lowest BCUT2D eigenvalue weighted by Crippen LogP contribution is -2.50. The molecule has 0 aliphatic carbocycles. The third-order valence-corrected chi connectivity index (χ3v) is 3.55. The molecular weight excluding hydrogens is 280 g/mol. The highest BCUT2D eigenvalue weighted by Crippen LogP contribution is 2.29. The molecule has 0 aromatic carbocycles. The fourth-order valence-electron chi connectivity index (χ4n) is 2.42. The molecule has 118 valence electrons. The minimum Gasteiger partial charge on any atom is -0.394 e. The summed E-state index contributed by atoms with van der Waals surface area (Å²) in [5.41, 5.74) is -0.656. The number of aryl methyl sites for hydroxylation is 1. The number of ether oxygens (including phenoxy) is 2. The van der Waals surface area contributed by atoms with Crippen LogP contribution in [-0.4, -0.2) is 51.5 Å². The average Bonchev–Trinajstić information content (AvgIpc) is 2.44. The standard InChI is InChI=1S/C13H20N2O6/c1-3-20-12-8(4-9(17)10(6-16)21-12)15-5-7(2)11(18)14-13(15)19/h5,8-10,12,16-17H,3-4,6H2,1-2H3,(H,14,18,19)/t8-,9+,10+,12-/m0/s1. The largest absolute Gasteiger partial charge is 0.394 e. The number of aliphatic hydroxyl groups excluding tert-OH is 2. The Bertz CT molecular complexity index is 595. The first-order valence-electron chi connectivity index (χ1n) is 6.86. The van der Waals surface area contributed by atoms with Crippen molar-refractivity contribution in [3.63, 3.8) is 0 Å². The molecule has 3 N–H and O–H groups in total. The second-order valence-electron chi connectivity index (χ2n) is 5.03. The van der Waals surface area contributed by atoms with E-state index in [1.54, 1.807) is 13.8 Å². The van der Waals surface area contributed by atoms with Gasteiger partial charge in [0.15, 0.2) is 6.29 Å². The number of aromatic amines is 1. The molecule has 0 amide bonds. The van der Waals surface area contributed by atoms with Crippen LogP contribution in [0.5, 0.6) is 0 Å². The Morgan fingerprint density at radius 1 is 1.52 bits per heavy atom. The molecule has 0 radical (unpaired) electrons. The molecule has 1 aromatic rings. The van der Waals surface area contributed by atoms with Gasteiger partial charge in [0.25, 0.3) is 5.56 Å². The van der Waals surface area contributed by atoms with Crippen LogP contribution in [0.2, 0.25) is 0 Å². The first-order valence-corrected chi connectivity index (χ1v) is 6.86. The average molecular weight is 300 g/mol. The monoisotopic (exact) mass is 300 g/mol. The third kappa shape index (κ3) is 3.24. The van der Waals surface area contributed by atoms with Gasteiger partial charge in [0.1, 0.15) is 6.10 Å². The number of rotatable bonds is 4. The molecule has 8 heteroatoms. The summed E-state index contributed by atoms with van der Waals surface area (Å²) in [6.07, 6.45) is -0.846. The second kappa shape index (κ2) is 6.52. The highest BCUT2D eigenvalue weighted by atomic mass is 16.7. The molecular formula is C13H20N2O6. The predicted molar refractivity (Wildman–Crippen MR) is 73.1 cm³/mol. The Balaban J connectivity index is 2.38. The van der Waals surface area contributed by atoms with Crippen molar-refractivity contribution in [1.29, 1.82) is 0 Å². The highest BCUT2D eigenvalue weighted by Gasteiger charge is 2.39. The summed E-state index contributed by atoms with van der Waals surface area (Å²) in [4.78, 5) is 25.6. The van der Waals surface area contributed by atoms with Crippen LogP contribution in [-0.2, 0) is 9.47 Å². The molecule has 21 heavy (non-hydrogen) atoms. The fourth-order valence-corrected chi connectivity index (χ4v) is 2.42. The topological polar surface area (TPSA) is 114 Å². The lowest BCUT2D eigenvalue weighted by atomic mass is 10.0. The van der Waals surface area contributed by atoms with E-state index in [1.807, 2.05) is 0 Å². The summed E-state index contributed by atoms with van der Waals surface area (Å²) in [7, 11) is 0. The summed E-state index contributed by atoms with van der Waals surface area (Å²) in [5.74, 6) is 0. The van der Waals surface area contributed by atoms with Crippen molar-refractivity contribution in [1.82, 2.24) is 9.55 Å². The Morgan fingerprint density at radius 2 is 2.24 bits per heavy atom. The molecule has 1 aromatic heterocycles. The van der Waals surface area contributed by atoms with Crippen LogP contribution >= 0.6 is 0 Å². The molecule has 0 bridgehead atoms. The van der Waals surface area contributed by atoms with Gasteiger partial charge in [-0.15, -0.1) is 0 Å². The van der Waals surface area contributed by atoms with E-state index in [-0.39, 0.29) is 13.0 Å².